The van der Waals surface area contributed by atoms with Crippen LogP contribution in [-0.2, 0) is 4.74 Å². The fraction of sp³-hybridized carbons (Fsp3) is 1.00. The SMILES string of the molecule is COCC1CCN(CC2CCCCCN2)C1. The standard InChI is InChI=1S/C13H26N2O/c1-16-11-12-6-8-15(9-12)10-13-5-3-2-4-7-14-13/h12-14H,2-11H2,1H3. The van der Waals surface area contributed by atoms with Gasteiger partial charge < -0.3 is 15.0 Å². The average molecular weight is 226 g/mol. The second kappa shape index (κ2) is 6.58. The zero-order valence-corrected chi connectivity index (χ0v) is 10.6. The lowest BCUT2D eigenvalue weighted by molar-refractivity contribution is 0.152. The number of likely N-dealkylation sites (tertiary alicyclic amines) is 1. The van der Waals surface area contributed by atoms with E-state index in [0.717, 1.165) is 18.6 Å². The Labute approximate surface area is 99.5 Å². The molecule has 3 heteroatoms. The summed E-state index contributed by atoms with van der Waals surface area (Å²) >= 11 is 0. The minimum absolute atomic E-state index is 0.740. The highest BCUT2D eigenvalue weighted by atomic mass is 16.5. The zero-order valence-electron chi connectivity index (χ0n) is 10.6. The number of methoxy groups -OCH3 is 1. The molecule has 2 rings (SSSR count). The van der Waals surface area contributed by atoms with Gasteiger partial charge in [-0.1, -0.05) is 12.8 Å². The lowest BCUT2D eigenvalue weighted by Crippen LogP contribution is -2.39. The van der Waals surface area contributed by atoms with E-state index in [2.05, 4.69) is 10.2 Å². The smallest absolute Gasteiger partial charge is 0.0503 e. The quantitative estimate of drug-likeness (QED) is 0.786. The molecule has 0 radical (unpaired) electrons. The molecule has 0 aromatic rings. The summed E-state index contributed by atoms with van der Waals surface area (Å²) in [6, 6.07) is 0.740. The number of hydrogen-bond donors (Lipinski definition) is 1. The van der Waals surface area contributed by atoms with E-state index in [-0.39, 0.29) is 0 Å². The Balaban J connectivity index is 1.69. The van der Waals surface area contributed by atoms with Gasteiger partial charge in [-0.25, -0.2) is 0 Å². The maximum absolute atomic E-state index is 5.24. The van der Waals surface area contributed by atoms with Crippen LogP contribution >= 0.6 is 0 Å². The molecule has 2 heterocycles. The molecular weight excluding hydrogens is 200 g/mol. The Morgan fingerprint density at radius 1 is 1.25 bits per heavy atom. The van der Waals surface area contributed by atoms with Crippen LogP contribution in [0.2, 0.25) is 0 Å². The maximum atomic E-state index is 5.24. The summed E-state index contributed by atoms with van der Waals surface area (Å²) in [5.41, 5.74) is 0. The van der Waals surface area contributed by atoms with Crippen LogP contribution in [-0.4, -0.2) is 50.8 Å². The average Bonchev–Trinajstić information content (AvgIpc) is 2.56. The van der Waals surface area contributed by atoms with E-state index in [9.17, 15) is 0 Å². The third kappa shape index (κ3) is 3.72. The van der Waals surface area contributed by atoms with Gasteiger partial charge >= 0.3 is 0 Å². The molecule has 0 saturated carbocycles. The van der Waals surface area contributed by atoms with Crippen LogP contribution < -0.4 is 5.32 Å². The molecule has 2 atom stereocenters. The molecule has 2 fully saturated rings. The van der Waals surface area contributed by atoms with Crippen LogP contribution in [0.4, 0.5) is 0 Å². The number of nitrogens with zero attached hydrogens (tertiary/aromatic N) is 1. The summed E-state index contributed by atoms with van der Waals surface area (Å²) < 4.78 is 5.24. The Morgan fingerprint density at radius 3 is 3.06 bits per heavy atom. The van der Waals surface area contributed by atoms with Gasteiger partial charge in [0, 0.05) is 26.2 Å². The van der Waals surface area contributed by atoms with Crippen molar-refractivity contribution in [2.24, 2.45) is 5.92 Å². The van der Waals surface area contributed by atoms with Crippen molar-refractivity contribution < 1.29 is 4.74 Å². The highest BCUT2D eigenvalue weighted by molar-refractivity contribution is 4.81. The zero-order chi connectivity index (χ0) is 11.2. The Hall–Kier alpha value is -0.120. The Morgan fingerprint density at radius 2 is 2.19 bits per heavy atom. The minimum atomic E-state index is 0.740. The fourth-order valence-corrected chi connectivity index (χ4v) is 3.02. The summed E-state index contributed by atoms with van der Waals surface area (Å²) in [7, 11) is 1.81. The van der Waals surface area contributed by atoms with Crippen LogP contribution in [0.15, 0.2) is 0 Å². The molecule has 0 aromatic heterocycles. The van der Waals surface area contributed by atoms with Gasteiger partial charge in [-0.2, -0.15) is 0 Å². The van der Waals surface area contributed by atoms with E-state index in [4.69, 9.17) is 4.74 Å². The van der Waals surface area contributed by atoms with Crippen molar-refractivity contribution in [2.75, 3.05) is 39.9 Å². The first-order valence-corrected chi connectivity index (χ1v) is 6.83. The Bertz CT molecular complexity index is 190. The lowest BCUT2D eigenvalue weighted by Gasteiger charge is -2.23. The summed E-state index contributed by atoms with van der Waals surface area (Å²) in [6.07, 6.45) is 6.87. The third-order valence-corrected chi connectivity index (χ3v) is 3.91. The number of rotatable bonds is 4. The predicted molar refractivity (Wildman–Crippen MR) is 66.7 cm³/mol. The van der Waals surface area contributed by atoms with Crippen LogP contribution in [0, 0.1) is 5.92 Å². The molecule has 2 aliphatic heterocycles. The summed E-state index contributed by atoms with van der Waals surface area (Å²) in [5, 5.41) is 3.68. The van der Waals surface area contributed by atoms with Gasteiger partial charge in [0.05, 0.1) is 6.61 Å². The molecule has 3 nitrogen and oxygen atoms in total. The van der Waals surface area contributed by atoms with Gasteiger partial charge in [-0.15, -0.1) is 0 Å². The van der Waals surface area contributed by atoms with Gasteiger partial charge in [0.1, 0.15) is 0 Å². The predicted octanol–water partition coefficient (Wildman–Crippen LogP) is 1.49. The first-order chi connectivity index (χ1) is 7.88. The van der Waals surface area contributed by atoms with E-state index < -0.39 is 0 Å². The van der Waals surface area contributed by atoms with E-state index in [1.807, 2.05) is 7.11 Å². The highest BCUT2D eigenvalue weighted by Gasteiger charge is 2.24. The molecule has 0 aliphatic carbocycles. The molecule has 1 N–H and O–H groups in total. The van der Waals surface area contributed by atoms with E-state index in [0.29, 0.717) is 0 Å². The molecule has 0 spiro atoms. The first-order valence-electron chi connectivity index (χ1n) is 6.83. The molecule has 2 saturated heterocycles. The molecule has 16 heavy (non-hydrogen) atoms. The van der Waals surface area contributed by atoms with Gasteiger partial charge in [0.2, 0.25) is 0 Å². The van der Waals surface area contributed by atoms with Crippen molar-refractivity contribution in [3.8, 4) is 0 Å². The summed E-state index contributed by atoms with van der Waals surface area (Å²) in [6.45, 7) is 5.92. The summed E-state index contributed by atoms with van der Waals surface area (Å²) in [5.74, 6) is 0.774. The van der Waals surface area contributed by atoms with Crippen LogP contribution in [0.5, 0.6) is 0 Å². The highest BCUT2D eigenvalue weighted by Crippen LogP contribution is 2.18. The number of hydrogen-bond acceptors (Lipinski definition) is 3. The van der Waals surface area contributed by atoms with E-state index >= 15 is 0 Å². The minimum Gasteiger partial charge on any atom is -0.384 e. The fourth-order valence-electron chi connectivity index (χ4n) is 3.02. The number of ether oxygens (including phenoxy) is 1. The van der Waals surface area contributed by atoms with E-state index in [1.54, 1.807) is 0 Å². The largest absolute Gasteiger partial charge is 0.384 e. The van der Waals surface area contributed by atoms with Crippen LogP contribution in [0.1, 0.15) is 32.1 Å². The van der Waals surface area contributed by atoms with Crippen molar-refractivity contribution in [3.63, 3.8) is 0 Å². The second-order valence-corrected chi connectivity index (χ2v) is 5.37. The third-order valence-electron chi connectivity index (χ3n) is 3.91. The molecule has 2 unspecified atom stereocenters. The molecular formula is C13H26N2O. The molecule has 0 amide bonds. The monoisotopic (exact) mass is 226 g/mol. The van der Waals surface area contributed by atoms with Gasteiger partial charge in [-0.3, -0.25) is 0 Å². The van der Waals surface area contributed by atoms with Gasteiger partial charge in [0.15, 0.2) is 0 Å². The second-order valence-electron chi connectivity index (χ2n) is 5.37. The lowest BCUT2D eigenvalue weighted by atomic mass is 10.1. The van der Waals surface area contributed by atoms with Crippen LogP contribution in [0.3, 0.4) is 0 Å². The molecule has 2 aliphatic rings. The normalized spacial score (nSPS) is 32.8. The summed E-state index contributed by atoms with van der Waals surface area (Å²) in [4.78, 5) is 2.62. The molecule has 0 bridgehead atoms. The van der Waals surface area contributed by atoms with Crippen molar-refractivity contribution in [1.29, 1.82) is 0 Å². The van der Waals surface area contributed by atoms with E-state index in [1.165, 1.54) is 58.3 Å². The molecule has 94 valence electrons. The van der Waals surface area contributed by atoms with Crippen molar-refractivity contribution >= 4 is 0 Å². The van der Waals surface area contributed by atoms with Gasteiger partial charge in [0.25, 0.3) is 0 Å². The van der Waals surface area contributed by atoms with Crippen molar-refractivity contribution in [3.05, 3.63) is 0 Å². The first kappa shape index (κ1) is 12.3. The van der Waals surface area contributed by atoms with Gasteiger partial charge in [-0.05, 0) is 38.3 Å². The Kier molecular flexibility index (Phi) is 5.07. The van der Waals surface area contributed by atoms with Crippen molar-refractivity contribution in [2.45, 2.75) is 38.1 Å². The van der Waals surface area contributed by atoms with Crippen molar-refractivity contribution in [1.82, 2.24) is 10.2 Å². The number of nitrogens with one attached hydrogen (secondary N) is 1. The maximum Gasteiger partial charge on any atom is 0.0503 e. The van der Waals surface area contributed by atoms with Crippen LogP contribution in [0.25, 0.3) is 0 Å². The topological polar surface area (TPSA) is 24.5 Å². The molecule has 0 aromatic carbocycles.